The van der Waals surface area contributed by atoms with Crippen molar-refractivity contribution in [1.29, 1.82) is 0 Å². The van der Waals surface area contributed by atoms with Crippen molar-refractivity contribution >= 4 is 28.5 Å². The lowest BCUT2D eigenvalue weighted by atomic mass is 10.0. The van der Waals surface area contributed by atoms with Crippen LogP contribution in [0.3, 0.4) is 0 Å². The maximum Gasteiger partial charge on any atom is 0.249 e. The van der Waals surface area contributed by atoms with Crippen molar-refractivity contribution in [3.05, 3.63) is 84.2 Å². The largest absolute Gasteiger partial charge is 0.354 e. The standard InChI is InChI=1S/C27H30N6O2/c1-19(2)14-16-29-27(35)26(21-7-6-15-28-17-21)33(22-12-10-20(3)11-13-22)25(34)18-32-24-9-5-4-8-23(24)30-31-32/h4-13,15,17,19,26H,14,16,18H2,1-3H3,(H,29,35). The fourth-order valence-electron chi connectivity index (χ4n) is 3.92. The molecule has 0 aliphatic rings. The van der Waals surface area contributed by atoms with Crippen molar-refractivity contribution in [2.45, 2.75) is 39.8 Å². The van der Waals surface area contributed by atoms with E-state index in [0.29, 0.717) is 29.2 Å². The molecule has 8 nitrogen and oxygen atoms in total. The summed E-state index contributed by atoms with van der Waals surface area (Å²) in [4.78, 5) is 33.2. The molecule has 0 aliphatic heterocycles. The molecule has 0 saturated heterocycles. The molecule has 2 amide bonds. The Morgan fingerprint density at radius 3 is 2.51 bits per heavy atom. The van der Waals surface area contributed by atoms with E-state index in [9.17, 15) is 9.59 Å². The SMILES string of the molecule is Cc1ccc(N(C(=O)Cn2nnc3ccccc32)C(C(=O)NCCC(C)C)c2cccnc2)cc1. The zero-order valence-corrected chi connectivity index (χ0v) is 20.3. The summed E-state index contributed by atoms with van der Waals surface area (Å²) in [6, 6.07) is 17.8. The molecule has 180 valence electrons. The Bertz CT molecular complexity index is 1280. The van der Waals surface area contributed by atoms with E-state index in [2.05, 4.69) is 34.5 Å². The number of hydrogen-bond acceptors (Lipinski definition) is 5. The first-order valence-electron chi connectivity index (χ1n) is 11.8. The molecule has 0 radical (unpaired) electrons. The number of pyridine rings is 1. The van der Waals surface area contributed by atoms with Crippen molar-refractivity contribution in [3.63, 3.8) is 0 Å². The predicted molar refractivity (Wildman–Crippen MR) is 136 cm³/mol. The number of fused-ring (bicyclic) bond motifs is 1. The first-order valence-corrected chi connectivity index (χ1v) is 11.8. The second kappa shape index (κ2) is 10.9. The molecule has 8 heteroatoms. The Balaban J connectivity index is 1.73. The normalized spacial score (nSPS) is 12.0. The van der Waals surface area contributed by atoms with Crippen molar-refractivity contribution in [2.24, 2.45) is 5.92 Å². The van der Waals surface area contributed by atoms with Crippen LogP contribution < -0.4 is 10.2 Å². The Labute approximate surface area is 205 Å². The van der Waals surface area contributed by atoms with Gasteiger partial charge in [-0.25, -0.2) is 4.68 Å². The van der Waals surface area contributed by atoms with Gasteiger partial charge in [0.25, 0.3) is 0 Å². The lowest BCUT2D eigenvalue weighted by molar-refractivity contribution is -0.127. The number of carbonyl (C=O) groups is 2. The van der Waals surface area contributed by atoms with Gasteiger partial charge in [0.15, 0.2) is 0 Å². The van der Waals surface area contributed by atoms with E-state index in [1.807, 2.05) is 61.5 Å². The number of para-hydroxylation sites is 1. The van der Waals surface area contributed by atoms with E-state index < -0.39 is 6.04 Å². The van der Waals surface area contributed by atoms with Gasteiger partial charge in [-0.1, -0.05) is 55.0 Å². The summed E-state index contributed by atoms with van der Waals surface area (Å²) >= 11 is 0. The summed E-state index contributed by atoms with van der Waals surface area (Å²) in [7, 11) is 0. The van der Waals surface area contributed by atoms with E-state index >= 15 is 0 Å². The maximum absolute atomic E-state index is 13.9. The highest BCUT2D eigenvalue weighted by Crippen LogP contribution is 2.29. The number of nitrogens with one attached hydrogen (secondary N) is 1. The average Bonchev–Trinajstić information content (AvgIpc) is 3.26. The van der Waals surface area contributed by atoms with Crippen LogP contribution in [0.1, 0.15) is 37.4 Å². The van der Waals surface area contributed by atoms with Gasteiger partial charge in [-0.2, -0.15) is 0 Å². The zero-order chi connectivity index (χ0) is 24.8. The minimum atomic E-state index is -0.888. The van der Waals surface area contributed by atoms with Gasteiger partial charge in [-0.15, -0.1) is 5.10 Å². The minimum absolute atomic E-state index is 0.0651. The first kappa shape index (κ1) is 24.1. The molecule has 0 spiro atoms. The summed E-state index contributed by atoms with van der Waals surface area (Å²) in [6.45, 7) is 6.65. The smallest absolute Gasteiger partial charge is 0.249 e. The molecule has 0 saturated carbocycles. The Morgan fingerprint density at radius 1 is 1.03 bits per heavy atom. The summed E-state index contributed by atoms with van der Waals surface area (Å²) in [6.07, 6.45) is 4.12. The van der Waals surface area contributed by atoms with E-state index in [1.54, 1.807) is 23.1 Å². The highest BCUT2D eigenvalue weighted by atomic mass is 16.2. The van der Waals surface area contributed by atoms with Crippen molar-refractivity contribution < 1.29 is 9.59 Å². The molecule has 0 bridgehead atoms. The summed E-state index contributed by atoms with van der Waals surface area (Å²) < 4.78 is 1.57. The molecule has 0 fully saturated rings. The van der Waals surface area contributed by atoms with Gasteiger partial charge in [0.05, 0.1) is 5.52 Å². The average molecular weight is 471 g/mol. The van der Waals surface area contributed by atoms with Gasteiger partial charge >= 0.3 is 0 Å². The minimum Gasteiger partial charge on any atom is -0.354 e. The molecule has 2 aromatic carbocycles. The molecule has 1 N–H and O–H groups in total. The van der Waals surface area contributed by atoms with Crippen LogP contribution in [0, 0.1) is 12.8 Å². The molecule has 4 rings (SSSR count). The van der Waals surface area contributed by atoms with Gasteiger partial charge in [-0.3, -0.25) is 19.5 Å². The predicted octanol–water partition coefficient (Wildman–Crippen LogP) is 4.07. The third-order valence-electron chi connectivity index (χ3n) is 5.81. The van der Waals surface area contributed by atoms with Crippen LogP contribution in [-0.2, 0) is 16.1 Å². The summed E-state index contributed by atoms with van der Waals surface area (Å²) in [5.74, 6) is -0.0871. The van der Waals surface area contributed by atoms with Crippen LogP contribution in [0.4, 0.5) is 5.69 Å². The fourth-order valence-corrected chi connectivity index (χ4v) is 3.92. The number of hydrogen-bond donors (Lipinski definition) is 1. The van der Waals surface area contributed by atoms with Crippen LogP contribution >= 0.6 is 0 Å². The van der Waals surface area contributed by atoms with Crippen LogP contribution in [0.25, 0.3) is 11.0 Å². The van der Waals surface area contributed by atoms with Gasteiger partial charge in [0.1, 0.15) is 18.1 Å². The fraction of sp³-hybridized carbons (Fsp3) is 0.296. The van der Waals surface area contributed by atoms with E-state index in [-0.39, 0.29) is 18.4 Å². The van der Waals surface area contributed by atoms with Gasteiger partial charge in [0, 0.05) is 30.2 Å². The number of carbonyl (C=O) groups excluding carboxylic acids is 2. The number of amides is 2. The van der Waals surface area contributed by atoms with Crippen molar-refractivity contribution in [1.82, 2.24) is 25.3 Å². The van der Waals surface area contributed by atoms with Crippen LogP contribution in [0.15, 0.2) is 73.1 Å². The number of aromatic nitrogens is 4. The molecule has 1 atom stereocenters. The van der Waals surface area contributed by atoms with Crippen molar-refractivity contribution in [2.75, 3.05) is 11.4 Å². The summed E-state index contributed by atoms with van der Waals surface area (Å²) in [5.41, 5.74) is 3.77. The quantitative estimate of drug-likeness (QED) is 0.398. The third kappa shape index (κ3) is 5.71. The number of nitrogens with zero attached hydrogens (tertiary/aromatic N) is 5. The van der Waals surface area contributed by atoms with E-state index in [0.717, 1.165) is 17.5 Å². The molecule has 2 heterocycles. The van der Waals surface area contributed by atoms with Gasteiger partial charge in [0.2, 0.25) is 11.8 Å². The van der Waals surface area contributed by atoms with Crippen molar-refractivity contribution in [3.8, 4) is 0 Å². The lowest BCUT2D eigenvalue weighted by Crippen LogP contribution is -2.45. The van der Waals surface area contributed by atoms with Crippen LogP contribution in [-0.4, -0.2) is 38.3 Å². The first-order chi connectivity index (χ1) is 16.9. The third-order valence-corrected chi connectivity index (χ3v) is 5.81. The second-order valence-corrected chi connectivity index (χ2v) is 9.00. The van der Waals surface area contributed by atoms with Crippen LogP contribution in [0.2, 0.25) is 0 Å². The number of rotatable bonds is 9. The van der Waals surface area contributed by atoms with Crippen LogP contribution in [0.5, 0.6) is 0 Å². The number of benzene rings is 2. The maximum atomic E-state index is 13.9. The van der Waals surface area contributed by atoms with Gasteiger partial charge < -0.3 is 5.32 Å². The molecular formula is C27H30N6O2. The van der Waals surface area contributed by atoms with E-state index in [1.165, 1.54) is 4.90 Å². The highest BCUT2D eigenvalue weighted by Gasteiger charge is 2.33. The molecule has 35 heavy (non-hydrogen) atoms. The van der Waals surface area contributed by atoms with Gasteiger partial charge in [-0.05, 0) is 49.6 Å². The molecule has 0 aliphatic carbocycles. The molecule has 1 unspecified atom stereocenters. The topological polar surface area (TPSA) is 93.0 Å². The molecule has 4 aromatic rings. The number of anilines is 1. The zero-order valence-electron chi connectivity index (χ0n) is 20.3. The molecular weight excluding hydrogens is 440 g/mol. The number of aryl methyl sites for hydroxylation is 1. The Morgan fingerprint density at radius 2 is 1.80 bits per heavy atom. The summed E-state index contributed by atoms with van der Waals surface area (Å²) in [5, 5.41) is 11.4. The highest BCUT2D eigenvalue weighted by molar-refractivity contribution is 6.01. The van der Waals surface area contributed by atoms with E-state index in [4.69, 9.17) is 0 Å². The second-order valence-electron chi connectivity index (χ2n) is 9.00. The Hall–Kier alpha value is -4.07. The lowest BCUT2D eigenvalue weighted by Gasteiger charge is -2.31. The molecule has 2 aromatic heterocycles. The monoisotopic (exact) mass is 470 g/mol. The Kier molecular flexibility index (Phi) is 7.50.